The van der Waals surface area contributed by atoms with Crippen molar-refractivity contribution in [1.82, 2.24) is 0 Å². The number of ether oxygens (including phenoxy) is 1. The van der Waals surface area contributed by atoms with Gasteiger partial charge < -0.3 is 9.84 Å². The number of aliphatic hydroxyl groups is 1. The molecule has 94 valence electrons. The second-order valence-electron chi connectivity index (χ2n) is 4.89. The van der Waals surface area contributed by atoms with E-state index in [-0.39, 0.29) is 18.0 Å². The summed E-state index contributed by atoms with van der Waals surface area (Å²) >= 11 is 0. The summed E-state index contributed by atoms with van der Waals surface area (Å²) in [6.07, 6.45) is 1.47. The minimum atomic E-state index is -0.287. The van der Waals surface area contributed by atoms with Crippen LogP contribution >= 0.6 is 0 Å². The molecule has 0 heterocycles. The normalized spacial score (nSPS) is 11.2. The van der Waals surface area contributed by atoms with Crippen molar-refractivity contribution in [2.75, 3.05) is 13.2 Å². The molecular formula is C14H20O3. The Hall–Kier alpha value is -1.35. The first kappa shape index (κ1) is 13.7. The molecule has 1 aromatic rings. The van der Waals surface area contributed by atoms with E-state index in [1.807, 2.05) is 18.2 Å². The molecule has 0 bridgehead atoms. The van der Waals surface area contributed by atoms with Gasteiger partial charge in [-0.3, -0.25) is 0 Å². The van der Waals surface area contributed by atoms with Crippen molar-refractivity contribution >= 4 is 5.97 Å². The zero-order valence-electron chi connectivity index (χ0n) is 10.5. The highest BCUT2D eigenvalue weighted by Crippen LogP contribution is 2.24. The largest absolute Gasteiger partial charge is 0.462 e. The van der Waals surface area contributed by atoms with Gasteiger partial charge in [0, 0.05) is 6.61 Å². The molecule has 0 aliphatic heterocycles. The van der Waals surface area contributed by atoms with Crippen molar-refractivity contribution in [3.63, 3.8) is 0 Å². The number of carbonyl (C=O) groups excluding carboxylic acids is 1. The molecule has 0 saturated carbocycles. The quantitative estimate of drug-likeness (QED) is 0.772. The van der Waals surface area contributed by atoms with Crippen LogP contribution in [0.4, 0.5) is 0 Å². The number of aliphatic hydroxyl groups excluding tert-OH is 1. The molecule has 0 saturated heterocycles. The van der Waals surface area contributed by atoms with Gasteiger partial charge in [-0.25, -0.2) is 4.79 Å². The number of hydrogen-bond acceptors (Lipinski definition) is 3. The topological polar surface area (TPSA) is 46.5 Å². The summed E-state index contributed by atoms with van der Waals surface area (Å²) in [5.41, 5.74) is 0.582. The van der Waals surface area contributed by atoms with Gasteiger partial charge in [0.2, 0.25) is 0 Å². The summed E-state index contributed by atoms with van der Waals surface area (Å²) < 4.78 is 5.19. The first-order chi connectivity index (χ1) is 8.05. The van der Waals surface area contributed by atoms with Gasteiger partial charge in [-0.1, -0.05) is 32.0 Å². The van der Waals surface area contributed by atoms with Gasteiger partial charge in [0.25, 0.3) is 0 Å². The average Bonchev–Trinajstić information content (AvgIpc) is 2.29. The summed E-state index contributed by atoms with van der Waals surface area (Å²) in [5.74, 6) is -0.287. The van der Waals surface area contributed by atoms with E-state index in [1.54, 1.807) is 12.1 Å². The third-order valence-electron chi connectivity index (χ3n) is 2.81. The molecule has 0 aliphatic carbocycles. The molecule has 3 nitrogen and oxygen atoms in total. The lowest BCUT2D eigenvalue weighted by Gasteiger charge is -2.22. The molecule has 1 rings (SSSR count). The Balaban J connectivity index is 2.35. The van der Waals surface area contributed by atoms with Gasteiger partial charge >= 0.3 is 5.97 Å². The molecule has 17 heavy (non-hydrogen) atoms. The molecular weight excluding hydrogens is 216 g/mol. The predicted octanol–water partition coefficient (Wildman–Crippen LogP) is 2.64. The summed E-state index contributed by atoms with van der Waals surface area (Å²) in [6, 6.07) is 8.96. The van der Waals surface area contributed by atoms with Crippen LogP contribution in [0.25, 0.3) is 0 Å². The number of carbonyl (C=O) groups is 1. The van der Waals surface area contributed by atoms with Gasteiger partial charge in [-0.2, -0.15) is 0 Å². The number of hydrogen-bond donors (Lipinski definition) is 1. The maximum absolute atomic E-state index is 11.6. The fourth-order valence-corrected chi connectivity index (χ4v) is 1.51. The Labute approximate surface area is 102 Å². The maximum atomic E-state index is 11.6. The molecule has 1 aromatic carbocycles. The summed E-state index contributed by atoms with van der Waals surface area (Å²) in [6.45, 7) is 4.67. The van der Waals surface area contributed by atoms with Crippen molar-refractivity contribution in [3.05, 3.63) is 35.9 Å². The highest BCUT2D eigenvalue weighted by molar-refractivity contribution is 5.89. The zero-order valence-corrected chi connectivity index (χ0v) is 10.5. The second kappa shape index (κ2) is 6.40. The van der Waals surface area contributed by atoms with Crippen LogP contribution in [0.1, 0.15) is 37.0 Å². The molecule has 0 radical (unpaired) electrons. The first-order valence-corrected chi connectivity index (χ1v) is 5.88. The van der Waals surface area contributed by atoms with Crippen LogP contribution in [0.15, 0.2) is 30.3 Å². The Morgan fingerprint density at radius 1 is 1.24 bits per heavy atom. The van der Waals surface area contributed by atoms with Crippen LogP contribution in [0, 0.1) is 5.41 Å². The SMILES string of the molecule is CC(C)(CCO)CCOC(=O)c1ccccc1. The Kier molecular flexibility index (Phi) is 5.16. The molecule has 3 heteroatoms. The zero-order chi connectivity index (χ0) is 12.7. The summed E-state index contributed by atoms with van der Waals surface area (Å²) in [7, 11) is 0. The van der Waals surface area contributed by atoms with Crippen molar-refractivity contribution in [1.29, 1.82) is 0 Å². The van der Waals surface area contributed by atoms with Crippen LogP contribution in [0.5, 0.6) is 0 Å². The van der Waals surface area contributed by atoms with E-state index >= 15 is 0 Å². The maximum Gasteiger partial charge on any atom is 0.338 e. The van der Waals surface area contributed by atoms with Crippen LogP contribution < -0.4 is 0 Å². The van der Waals surface area contributed by atoms with E-state index in [1.165, 1.54) is 0 Å². The third kappa shape index (κ3) is 5.00. The molecule has 1 N–H and O–H groups in total. The first-order valence-electron chi connectivity index (χ1n) is 5.88. The molecule has 0 atom stereocenters. The van der Waals surface area contributed by atoms with E-state index in [2.05, 4.69) is 13.8 Å². The predicted molar refractivity (Wildman–Crippen MR) is 66.8 cm³/mol. The Morgan fingerprint density at radius 3 is 2.47 bits per heavy atom. The molecule has 0 spiro atoms. The van der Waals surface area contributed by atoms with E-state index in [0.29, 0.717) is 12.2 Å². The van der Waals surface area contributed by atoms with Crippen LogP contribution in [0.2, 0.25) is 0 Å². The summed E-state index contributed by atoms with van der Waals surface area (Å²) in [4.78, 5) is 11.6. The highest BCUT2D eigenvalue weighted by atomic mass is 16.5. The fourth-order valence-electron chi connectivity index (χ4n) is 1.51. The standard InChI is InChI=1S/C14H20O3/c1-14(2,8-10-15)9-11-17-13(16)12-6-4-3-5-7-12/h3-7,15H,8-11H2,1-2H3. The van der Waals surface area contributed by atoms with E-state index in [0.717, 1.165) is 12.8 Å². The van der Waals surface area contributed by atoms with Gasteiger partial charge in [0.05, 0.1) is 12.2 Å². The highest BCUT2D eigenvalue weighted by Gasteiger charge is 2.17. The number of rotatable bonds is 6. The third-order valence-corrected chi connectivity index (χ3v) is 2.81. The van der Waals surface area contributed by atoms with E-state index in [9.17, 15) is 4.79 Å². The fraction of sp³-hybridized carbons (Fsp3) is 0.500. The lowest BCUT2D eigenvalue weighted by atomic mass is 9.86. The molecule has 0 unspecified atom stereocenters. The smallest absolute Gasteiger partial charge is 0.338 e. The second-order valence-corrected chi connectivity index (χ2v) is 4.89. The van der Waals surface area contributed by atoms with Crippen molar-refractivity contribution in [3.8, 4) is 0 Å². The van der Waals surface area contributed by atoms with Crippen LogP contribution in [-0.2, 0) is 4.74 Å². The van der Waals surface area contributed by atoms with Gasteiger partial charge in [-0.15, -0.1) is 0 Å². The summed E-state index contributed by atoms with van der Waals surface area (Å²) in [5, 5.41) is 8.88. The van der Waals surface area contributed by atoms with E-state index in [4.69, 9.17) is 9.84 Å². The molecule has 0 aromatic heterocycles. The minimum absolute atomic E-state index is 0.00567. The lowest BCUT2D eigenvalue weighted by Crippen LogP contribution is -2.18. The molecule has 0 amide bonds. The Morgan fingerprint density at radius 2 is 1.88 bits per heavy atom. The van der Waals surface area contributed by atoms with Crippen molar-refractivity contribution in [2.45, 2.75) is 26.7 Å². The van der Waals surface area contributed by atoms with Gasteiger partial charge in [-0.05, 0) is 30.4 Å². The van der Waals surface area contributed by atoms with Gasteiger partial charge in [0.1, 0.15) is 0 Å². The van der Waals surface area contributed by atoms with Crippen LogP contribution in [-0.4, -0.2) is 24.3 Å². The van der Waals surface area contributed by atoms with Crippen molar-refractivity contribution < 1.29 is 14.6 Å². The molecule has 0 fully saturated rings. The van der Waals surface area contributed by atoms with Crippen molar-refractivity contribution in [2.24, 2.45) is 5.41 Å². The van der Waals surface area contributed by atoms with E-state index < -0.39 is 0 Å². The van der Waals surface area contributed by atoms with Crippen LogP contribution in [0.3, 0.4) is 0 Å². The Bertz CT molecular complexity index is 344. The van der Waals surface area contributed by atoms with Gasteiger partial charge in [0.15, 0.2) is 0 Å². The lowest BCUT2D eigenvalue weighted by molar-refractivity contribution is 0.0445. The number of esters is 1. The monoisotopic (exact) mass is 236 g/mol. The average molecular weight is 236 g/mol. The number of benzene rings is 1. The molecule has 0 aliphatic rings. The minimum Gasteiger partial charge on any atom is -0.462 e.